The molecule has 0 radical (unpaired) electrons. The van der Waals surface area contributed by atoms with Crippen LogP contribution in [0.3, 0.4) is 0 Å². The van der Waals surface area contributed by atoms with Crippen LogP contribution < -0.4 is 0 Å². The molecule has 0 saturated carbocycles. The predicted molar refractivity (Wildman–Crippen MR) is 86.6 cm³/mol. The zero-order valence-corrected chi connectivity index (χ0v) is 12.0. The molecule has 1 atom stereocenters. The molecule has 4 heterocycles. The third-order valence-corrected chi connectivity index (χ3v) is 3.98. The first-order chi connectivity index (χ1) is 10.9. The summed E-state index contributed by atoms with van der Waals surface area (Å²) in [5.41, 5.74) is 5.60. The molecule has 1 unspecified atom stereocenters. The zero-order valence-electron chi connectivity index (χ0n) is 12.0. The van der Waals surface area contributed by atoms with Gasteiger partial charge in [-0.05, 0) is 30.0 Å². The van der Waals surface area contributed by atoms with Gasteiger partial charge in [0.2, 0.25) is 0 Å². The molecule has 108 valence electrons. The Labute approximate surface area is 128 Å². The van der Waals surface area contributed by atoms with Crippen LogP contribution >= 0.6 is 0 Å². The Morgan fingerprint density at radius 2 is 2.14 bits per heavy atom. The largest absolute Gasteiger partial charge is 0.285 e. The quantitative estimate of drug-likeness (QED) is 0.940. The molecule has 4 rings (SSSR count). The lowest BCUT2D eigenvalue weighted by atomic mass is 9.87. The van der Waals surface area contributed by atoms with Crippen molar-refractivity contribution in [1.29, 1.82) is 0 Å². The van der Waals surface area contributed by atoms with Crippen molar-refractivity contribution in [2.45, 2.75) is 12.8 Å². The van der Waals surface area contributed by atoms with E-state index in [0.29, 0.717) is 0 Å². The van der Waals surface area contributed by atoms with Crippen molar-refractivity contribution in [3.05, 3.63) is 66.5 Å². The summed E-state index contributed by atoms with van der Waals surface area (Å²) in [7, 11) is 0. The minimum atomic E-state index is 0.194. The van der Waals surface area contributed by atoms with Gasteiger partial charge in [-0.3, -0.25) is 20.1 Å². The number of rotatable bonds is 4. The second kappa shape index (κ2) is 5.52. The van der Waals surface area contributed by atoms with E-state index in [0.717, 1.165) is 29.8 Å². The van der Waals surface area contributed by atoms with Crippen LogP contribution in [-0.4, -0.2) is 26.6 Å². The highest BCUT2D eigenvalue weighted by Crippen LogP contribution is 2.32. The highest BCUT2D eigenvalue weighted by molar-refractivity contribution is 6.46. The maximum atomic E-state index is 4.60. The number of nitrogens with zero attached hydrogens (tertiary/aromatic N) is 4. The summed E-state index contributed by atoms with van der Waals surface area (Å²) in [5, 5.41) is 6.88. The van der Waals surface area contributed by atoms with Gasteiger partial charge in [0.25, 0.3) is 0 Å². The molecule has 22 heavy (non-hydrogen) atoms. The number of aromatic nitrogens is 3. The number of hydrogen-bond donors (Lipinski definition) is 1. The van der Waals surface area contributed by atoms with E-state index < -0.39 is 0 Å². The van der Waals surface area contributed by atoms with Crippen LogP contribution in [0, 0.1) is 5.92 Å². The van der Waals surface area contributed by atoms with E-state index in [1.54, 1.807) is 6.20 Å². The predicted octanol–water partition coefficient (Wildman–Crippen LogP) is 2.82. The number of H-pyrrole nitrogens is 1. The fraction of sp³-hybridized carbons (Fsp3) is 0.176. The van der Waals surface area contributed by atoms with Gasteiger partial charge < -0.3 is 0 Å². The van der Waals surface area contributed by atoms with Crippen LogP contribution in [0.25, 0.3) is 5.57 Å². The van der Waals surface area contributed by atoms with Crippen molar-refractivity contribution in [2.24, 2.45) is 15.9 Å². The molecule has 0 aliphatic carbocycles. The van der Waals surface area contributed by atoms with E-state index >= 15 is 0 Å². The molecule has 5 heteroatoms. The smallest absolute Gasteiger partial charge is 0.0732 e. The average Bonchev–Trinajstić information content (AvgIpc) is 3.22. The monoisotopic (exact) mass is 289 g/mol. The second-order valence-electron chi connectivity index (χ2n) is 5.34. The summed E-state index contributed by atoms with van der Waals surface area (Å²) in [6.45, 7) is 0. The summed E-state index contributed by atoms with van der Waals surface area (Å²) < 4.78 is 0. The first-order valence-corrected chi connectivity index (χ1v) is 7.31. The van der Waals surface area contributed by atoms with Crippen molar-refractivity contribution in [1.82, 2.24) is 15.2 Å². The van der Waals surface area contributed by atoms with E-state index in [9.17, 15) is 0 Å². The van der Waals surface area contributed by atoms with Crippen LogP contribution in [0.1, 0.15) is 17.5 Å². The van der Waals surface area contributed by atoms with Crippen molar-refractivity contribution >= 4 is 17.0 Å². The van der Waals surface area contributed by atoms with E-state index in [1.807, 2.05) is 37.1 Å². The molecule has 2 aromatic rings. The Bertz CT molecular complexity index is 782. The highest BCUT2D eigenvalue weighted by atomic mass is 15.1. The van der Waals surface area contributed by atoms with Gasteiger partial charge in [-0.1, -0.05) is 12.1 Å². The maximum absolute atomic E-state index is 4.60. The lowest BCUT2D eigenvalue weighted by Gasteiger charge is -2.17. The van der Waals surface area contributed by atoms with E-state index in [2.05, 4.69) is 37.3 Å². The Balaban J connectivity index is 1.50. The molecule has 1 N–H and O–H groups in total. The number of aryl methyl sites for hydroxylation is 1. The first kappa shape index (κ1) is 12.9. The summed E-state index contributed by atoms with van der Waals surface area (Å²) >= 11 is 0. The summed E-state index contributed by atoms with van der Waals surface area (Å²) in [4.78, 5) is 13.3. The number of aromatic amines is 1. The number of nitrogens with one attached hydrogen (secondary N) is 1. The summed E-state index contributed by atoms with van der Waals surface area (Å²) in [6, 6.07) is 4.06. The van der Waals surface area contributed by atoms with Gasteiger partial charge in [0.05, 0.1) is 23.5 Å². The fourth-order valence-electron chi connectivity index (χ4n) is 2.85. The van der Waals surface area contributed by atoms with Gasteiger partial charge in [-0.2, -0.15) is 5.10 Å². The van der Waals surface area contributed by atoms with E-state index in [-0.39, 0.29) is 5.92 Å². The van der Waals surface area contributed by atoms with Crippen LogP contribution in [0.4, 0.5) is 0 Å². The maximum Gasteiger partial charge on any atom is 0.0732 e. The molecule has 0 spiro atoms. The minimum absolute atomic E-state index is 0.194. The van der Waals surface area contributed by atoms with E-state index in [1.165, 1.54) is 11.1 Å². The number of fused-ring (bicyclic) bond motifs is 1. The summed E-state index contributed by atoms with van der Waals surface area (Å²) in [6.07, 6.45) is 15.1. The van der Waals surface area contributed by atoms with Crippen molar-refractivity contribution in [3.63, 3.8) is 0 Å². The third kappa shape index (κ3) is 2.30. The normalized spacial score (nSPS) is 19.5. The molecule has 2 aliphatic heterocycles. The van der Waals surface area contributed by atoms with E-state index in [4.69, 9.17) is 0 Å². The van der Waals surface area contributed by atoms with Crippen LogP contribution in [0.15, 0.2) is 65.4 Å². The van der Waals surface area contributed by atoms with Gasteiger partial charge in [-0.15, -0.1) is 0 Å². The van der Waals surface area contributed by atoms with Gasteiger partial charge in [-0.25, -0.2) is 0 Å². The SMILES string of the molecule is C1=CC2C(c3cn[nH]c3)=CN=C2C(CCc2cccnc2)=N1. The average molecular weight is 289 g/mol. The Morgan fingerprint density at radius 1 is 1.14 bits per heavy atom. The molecule has 2 aromatic heterocycles. The Hall–Kier alpha value is -2.82. The third-order valence-electron chi connectivity index (χ3n) is 3.98. The lowest BCUT2D eigenvalue weighted by molar-refractivity contribution is 1.01. The van der Waals surface area contributed by atoms with Gasteiger partial charge in [0.1, 0.15) is 0 Å². The minimum Gasteiger partial charge on any atom is -0.285 e. The molecule has 0 fully saturated rings. The molecule has 5 nitrogen and oxygen atoms in total. The van der Waals surface area contributed by atoms with Crippen LogP contribution in [-0.2, 0) is 6.42 Å². The Kier molecular flexibility index (Phi) is 3.23. The topological polar surface area (TPSA) is 66.3 Å². The number of allylic oxidation sites excluding steroid dienone is 2. The molecular formula is C17H15N5. The summed E-state index contributed by atoms with van der Waals surface area (Å²) in [5.74, 6) is 0.194. The van der Waals surface area contributed by atoms with Crippen LogP contribution in [0.5, 0.6) is 0 Å². The second-order valence-corrected chi connectivity index (χ2v) is 5.34. The standard InChI is InChI=1S/C17H15N5/c1-2-12(8-18-6-1)3-4-16-17-14(5-7-19-16)15(11-20-17)13-9-21-22-10-13/h1-2,5-11,14H,3-4H2,(H,21,22). The molecule has 0 amide bonds. The molecule has 0 saturated heterocycles. The Morgan fingerprint density at radius 3 is 2.95 bits per heavy atom. The fourth-order valence-corrected chi connectivity index (χ4v) is 2.85. The van der Waals surface area contributed by atoms with Crippen LogP contribution in [0.2, 0.25) is 0 Å². The van der Waals surface area contributed by atoms with Crippen molar-refractivity contribution < 1.29 is 0 Å². The lowest BCUT2D eigenvalue weighted by Crippen LogP contribution is -2.24. The van der Waals surface area contributed by atoms with Gasteiger partial charge in [0, 0.05) is 36.6 Å². The molecule has 0 aromatic carbocycles. The molecular weight excluding hydrogens is 274 g/mol. The van der Waals surface area contributed by atoms with Crippen molar-refractivity contribution in [3.8, 4) is 0 Å². The number of hydrogen-bond acceptors (Lipinski definition) is 4. The van der Waals surface area contributed by atoms with Gasteiger partial charge >= 0.3 is 0 Å². The number of aliphatic imine (C=N–C) groups is 2. The molecule has 2 aliphatic rings. The number of pyridine rings is 1. The first-order valence-electron chi connectivity index (χ1n) is 7.31. The van der Waals surface area contributed by atoms with Crippen molar-refractivity contribution in [2.75, 3.05) is 0 Å². The molecule has 0 bridgehead atoms. The highest BCUT2D eigenvalue weighted by Gasteiger charge is 2.29. The zero-order chi connectivity index (χ0) is 14.8. The van der Waals surface area contributed by atoms with Gasteiger partial charge in [0.15, 0.2) is 0 Å².